The molecule has 0 bridgehead atoms. The van der Waals surface area contributed by atoms with E-state index in [2.05, 4.69) is 15.3 Å². The summed E-state index contributed by atoms with van der Waals surface area (Å²) < 4.78 is 14.3. The highest BCUT2D eigenvalue weighted by atomic mass is 35.5. The molecule has 2 heterocycles. The van der Waals surface area contributed by atoms with Gasteiger partial charge in [0.15, 0.2) is 0 Å². The van der Waals surface area contributed by atoms with Crippen molar-refractivity contribution < 1.29 is 4.39 Å². The fourth-order valence-electron chi connectivity index (χ4n) is 2.69. The molecule has 0 amide bonds. The Labute approximate surface area is 149 Å². The van der Waals surface area contributed by atoms with Crippen molar-refractivity contribution in [2.24, 2.45) is 0 Å². The Morgan fingerprint density at radius 1 is 0.920 bits per heavy atom. The first-order valence-corrected chi connectivity index (χ1v) is 8.12. The Morgan fingerprint density at radius 3 is 2.60 bits per heavy atom. The Balaban J connectivity index is 1.91. The summed E-state index contributed by atoms with van der Waals surface area (Å²) >= 11 is 6.03. The molecule has 5 heteroatoms. The predicted molar refractivity (Wildman–Crippen MR) is 99.7 cm³/mol. The second kappa shape index (κ2) is 6.49. The number of aromatic nitrogens is 2. The first-order valence-electron chi connectivity index (χ1n) is 7.74. The molecule has 3 nitrogen and oxygen atoms in total. The number of nitrogens with zero attached hydrogens (tertiary/aromatic N) is 2. The standard InChI is InChI=1S/C20H13ClFN3/c21-13-8-9-16(22)15(11-13)19-12-18(25-20-7-3-4-10-23-20)14-5-1-2-6-17(14)24-19/h1-12H,(H,23,24,25). The lowest BCUT2D eigenvalue weighted by Crippen LogP contribution is -1.97. The summed E-state index contributed by atoms with van der Waals surface area (Å²) in [6, 6.07) is 19.6. The second-order valence-electron chi connectivity index (χ2n) is 5.54. The van der Waals surface area contributed by atoms with Crippen molar-refractivity contribution in [1.82, 2.24) is 9.97 Å². The van der Waals surface area contributed by atoms with E-state index in [4.69, 9.17) is 11.6 Å². The molecule has 0 spiro atoms. The minimum absolute atomic E-state index is 0.363. The molecule has 0 atom stereocenters. The Hall–Kier alpha value is -2.98. The molecule has 4 rings (SSSR count). The summed E-state index contributed by atoms with van der Waals surface area (Å²) in [6.07, 6.45) is 1.71. The van der Waals surface area contributed by atoms with E-state index in [0.717, 1.165) is 16.6 Å². The number of nitrogens with one attached hydrogen (secondary N) is 1. The largest absolute Gasteiger partial charge is 0.340 e. The van der Waals surface area contributed by atoms with E-state index in [0.29, 0.717) is 22.1 Å². The van der Waals surface area contributed by atoms with Gasteiger partial charge in [0, 0.05) is 22.2 Å². The highest BCUT2D eigenvalue weighted by Crippen LogP contribution is 2.32. The number of halogens is 2. The molecular weight excluding hydrogens is 337 g/mol. The Kier molecular flexibility index (Phi) is 4.04. The molecule has 0 aliphatic carbocycles. The van der Waals surface area contributed by atoms with Crippen LogP contribution in [0.5, 0.6) is 0 Å². The number of anilines is 2. The lowest BCUT2D eigenvalue weighted by Gasteiger charge is -2.12. The van der Waals surface area contributed by atoms with Gasteiger partial charge in [0.2, 0.25) is 0 Å². The highest BCUT2D eigenvalue weighted by Gasteiger charge is 2.12. The molecule has 0 aliphatic heterocycles. The first kappa shape index (κ1) is 15.5. The van der Waals surface area contributed by atoms with E-state index >= 15 is 0 Å². The molecule has 2 aromatic carbocycles. The van der Waals surface area contributed by atoms with Crippen LogP contribution in [0, 0.1) is 5.82 Å². The van der Waals surface area contributed by atoms with Crippen LogP contribution in [0.1, 0.15) is 0 Å². The third kappa shape index (κ3) is 3.16. The molecule has 4 aromatic rings. The molecule has 1 N–H and O–H groups in total. The van der Waals surface area contributed by atoms with Crippen LogP contribution in [0.3, 0.4) is 0 Å². The van der Waals surface area contributed by atoms with Crippen LogP contribution in [0.25, 0.3) is 22.2 Å². The summed E-state index contributed by atoms with van der Waals surface area (Å²) in [5, 5.41) is 4.68. The molecule has 0 saturated carbocycles. The van der Waals surface area contributed by atoms with Crippen molar-refractivity contribution in [2.75, 3.05) is 5.32 Å². The van der Waals surface area contributed by atoms with Gasteiger partial charge in [-0.3, -0.25) is 0 Å². The summed E-state index contributed by atoms with van der Waals surface area (Å²) in [5.41, 5.74) is 2.44. The van der Waals surface area contributed by atoms with Crippen LogP contribution in [0.2, 0.25) is 5.02 Å². The van der Waals surface area contributed by atoms with Crippen molar-refractivity contribution in [1.29, 1.82) is 0 Å². The van der Waals surface area contributed by atoms with E-state index in [1.807, 2.05) is 48.5 Å². The number of pyridine rings is 2. The zero-order valence-corrected chi connectivity index (χ0v) is 13.8. The molecule has 0 saturated heterocycles. The van der Waals surface area contributed by atoms with Gasteiger partial charge < -0.3 is 5.32 Å². The monoisotopic (exact) mass is 349 g/mol. The van der Waals surface area contributed by atoms with Crippen molar-refractivity contribution in [3.05, 3.63) is 83.8 Å². The fraction of sp³-hybridized carbons (Fsp3) is 0. The van der Waals surface area contributed by atoms with Gasteiger partial charge in [-0.2, -0.15) is 0 Å². The van der Waals surface area contributed by atoms with E-state index < -0.39 is 0 Å². The van der Waals surface area contributed by atoms with Crippen molar-refractivity contribution >= 4 is 34.0 Å². The van der Waals surface area contributed by atoms with Crippen LogP contribution in [-0.4, -0.2) is 9.97 Å². The molecule has 2 aromatic heterocycles. The molecule has 0 fully saturated rings. The van der Waals surface area contributed by atoms with Gasteiger partial charge >= 0.3 is 0 Å². The zero-order chi connectivity index (χ0) is 17.2. The van der Waals surface area contributed by atoms with Crippen molar-refractivity contribution in [3.8, 4) is 11.3 Å². The number of fused-ring (bicyclic) bond motifs is 1. The lowest BCUT2D eigenvalue weighted by atomic mass is 10.1. The number of hydrogen-bond donors (Lipinski definition) is 1. The van der Waals surface area contributed by atoms with Gasteiger partial charge in [0.05, 0.1) is 16.9 Å². The number of para-hydroxylation sites is 1. The first-order chi connectivity index (χ1) is 12.2. The zero-order valence-electron chi connectivity index (χ0n) is 13.1. The van der Waals surface area contributed by atoms with E-state index in [1.165, 1.54) is 12.1 Å². The van der Waals surface area contributed by atoms with Gasteiger partial charge in [0.1, 0.15) is 11.6 Å². The van der Waals surface area contributed by atoms with Gasteiger partial charge in [0.25, 0.3) is 0 Å². The average molecular weight is 350 g/mol. The quantitative estimate of drug-likeness (QED) is 0.505. The fourth-order valence-corrected chi connectivity index (χ4v) is 2.86. The molecular formula is C20H13ClFN3. The Morgan fingerprint density at radius 2 is 1.76 bits per heavy atom. The van der Waals surface area contributed by atoms with Crippen LogP contribution >= 0.6 is 11.6 Å². The van der Waals surface area contributed by atoms with E-state index in [1.54, 1.807) is 12.3 Å². The van der Waals surface area contributed by atoms with Gasteiger partial charge in [-0.05, 0) is 42.5 Å². The Bertz CT molecular complexity index is 1050. The van der Waals surface area contributed by atoms with Crippen LogP contribution in [0.15, 0.2) is 72.9 Å². The SMILES string of the molecule is Fc1ccc(Cl)cc1-c1cc(Nc2ccccn2)c2ccccc2n1. The topological polar surface area (TPSA) is 37.8 Å². The lowest BCUT2D eigenvalue weighted by molar-refractivity contribution is 0.631. The number of rotatable bonds is 3. The van der Waals surface area contributed by atoms with E-state index in [9.17, 15) is 4.39 Å². The maximum Gasteiger partial charge on any atom is 0.132 e. The molecule has 0 radical (unpaired) electrons. The van der Waals surface area contributed by atoms with Crippen molar-refractivity contribution in [2.45, 2.75) is 0 Å². The van der Waals surface area contributed by atoms with Crippen LogP contribution in [-0.2, 0) is 0 Å². The van der Waals surface area contributed by atoms with Crippen LogP contribution < -0.4 is 5.32 Å². The maximum absolute atomic E-state index is 14.3. The summed E-state index contributed by atoms with van der Waals surface area (Å²) in [7, 11) is 0. The summed E-state index contributed by atoms with van der Waals surface area (Å²) in [4.78, 5) is 8.88. The smallest absolute Gasteiger partial charge is 0.132 e. The van der Waals surface area contributed by atoms with Crippen LogP contribution in [0.4, 0.5) is 15.9 Å². The van der Waals surface area contributed by atoms with Gasteiger partial charge in [-0.15, -0.1) is 0 Å². The molecule has 0 aliphatic rings. The third-order valence-corrected chi connectivity index (χ3v) is 4.08. The number of benzene rings is 2. The summed E-state index contributed by atoms with van der Waals surface area (Å²) in [5.74, 6) is 0.340. The minimum Gasteiger partial charge on any atom is -0.340 e. The second-order valence-corrected chi connectivity index (χ2v) is 5.97. The normalized spacial score (nSPS) is 10.8. The minimum atomic E-state index is -0.365. The van der Waals surface area contributed by atoms with Crippen molar-refractivity contribution in [3.63, 3.8) is 0 Å². The maximum atomic E-state index is 14.3. The summed E-state index contributed by atoms with van der Waals surface area (Å²) in [6.45, 7) is 0. The third-order valence-electron chi connectivity index (χ3n) is 3.85. The highest BCUT2D eigenvalue weighted by molar-refractivity contribution is 6.30. The number of hydrogen-bond acceptors (Lipinski definition) is 3. The van der Waals surface area contributed by atoms with E-state index in [-0.39, 0.29) is 5.82 Å². The molecule has 25 heavy (non-hydrogen) atoms. The molecule has 122 valence electrons. The van der Waals surface area contributed by atoms with Gasteiger partial charge in [-0.25, -0.2) is 14.4 Å². The predicted octanol–water partition coefficient (Wildman–Crippen LogP) is 5.83. The molecule has 0 unspecified atom stereocenters. The average Bonchev–Trinajstić information content (AvgIpc) is 2.64. The van der Waals surface area contributed by atoms with Gasteiger partial charge in [-0.1, -0.05) is 35.9 Å².